The highest BCUT2D eigenvalue weighted by Crippen LogP contribution is 2.23. The van der Waals surface area contributed by atoms with Crippen molar-refractivity contribution >= 4 is 41.5 Å². The fourth-order valence-corrected chi connectivity index (χ4v) is 3.21. The van der Waals surface area contributed by atoms with Crippen molar-refractivity contribution < 1.29 is 4.79 Å². The molecule has 0 aromatic heterocycles. The first-order chi connectivity index (χ1) is 11.0. The predicted octanol–water partition coefficient (Wildman–Crippen LogP) is 4.09. The summed E-state index contributed by atoms with van der Waals surface area (Å²) in [5.41, 5.74) is 3.47. The van der Waals surface area contributed by atoms with Crippen molar-refractivity contribution in [3.63, 3.8) is 0 Å². The fourth-order valence-electron chi connectivity index (χ4n) is 2.88. The molecule has 6 heteroatoms. The van der Waals surface area contributed by atoms with Crippen LogP contribution >= 0.6 is 35.6 Å². The summed E-state index contributed by atoms with van der Waals surface area (Å²) >= 11 is 12.0. The molecule has 3 rings (SSSR count). The Bertz CT molecular complexity index is 736. The Morgan fingerprint density at radius 1 is 1.17 bits per heavy atom. The lowest BCUT2D eigenvalue weighted by atomic mass is 9.95. The van der Waals surface area contributed by atoms with Gasteiger partial charge in [0.05, 0.1) is 16.1 Å². The lowest BCUT2D eigenvalue weighted by molar-refractivity contribution is -0.132. The first-order valence-electron chi connectivity index (χ1n) is 7.53. The van der Waals surface area contributed by atoms with Crippen molar-refractivity contribution in [1.29, 1.82) is 0 Å². The average Bonchev–Trinajstić information content (AvgIpc) is 2.57. The van der Waals surface area contributed by atoms with E-state index >= 15 is 0 Å². The largest absolute Gasteiger partial charge is 0.340 e. The Hall–Kier alpha value is -1.26. The van der Waals surface area contributed by atoms with E-state index in [1.54, 1.807) is 17.0 Å². The first kappa shape index (κ1) is 19.1. The minimum Gasteiger partial charge on any atom is -0.340 e. The second kappa shape index (κ2) is 8.21. The lowest BCUT2D eigenvalue weighted by Gasteiger charge is -2.29. The van der Waals surface area contributed by atoms with E-state index in [0.29, 0.717) is 16.6 Å². The predicted molar refractivity (Wildman–Crippen MR) is 101 cm³/mol. The monoisotopic (exact) mass is 384 g/mol. The van der Waals surface area contributed by atoms with Gasteiger partial charge < -0.3 is 10.2 Å². The summed E-state index contributed by atoms with van der Waals surface area (Å²) in [6, 6.07) is 13.5. The summed E-state index contributed by atoms with van der Waals surface area (Å²) in [5.74, 6) is 0.0885. The van der Waals surface area contributed by atoms with Crippen molar-refractivity contribution in [1.82, 2.24) is 10.2 Å². The molecule has 0 fully saturated rings. The van der Waals surface area contributed by atoms with Crippen molar-refractivity contribution in [3.8, 4) is 0 Å². The third kappa shape index (κ3) is 4.22. The topological polar surface area (TPSA) is 32.3 Å². The number of amides is 1. The van der Waals surface area contributed by atoms with Crippen LogP contribution in [0.5, 0.6) is 0 Å². The molecule has 1 aliphatic heterocycles. The maximum Gasteiger partial charge on any atom is 0.240 e. The van der Waals surface area contributed by atoms with E-state index in [9.17, 15) is 4.79 Å². The van der Waals surface area contributed by atoms with E-state index in [1.165, 1.54) is 11.1 Å². The molecule has 1 amide bonds. The zero-order chi connectivity index (χ0) is 16.4. The van der Waals surface area contributed by atoms with E-state index < -0.39 is 0 Å². The van der Waals surface area contributed by atoms with Gasteiger partial charge in [-0.1, -0.05) is 53.5 Å². The smallest absolute Gasteiger partial charge is 0.240 e. The quantitative estimate of drug-likeness (QED) is 0.863. The van der Waals surface area contributed by atoms with Gasteiger partial charge in [0, 0.05) is 20.1 Å². The van der Waals surface area contributed by atoms with Gasteiger partial charge in [-0.25, -0.2) is 0 Å². The van der Waals surface area contributed by atoms with Crippen LogP contribution in [0, 0.1) is 0 Å². The minimum absolute atomic E-state index is 0. The van der Waals surface area contributed by atoms with Gasteiger partial charge in [0.15, 0.2) is 0 Å². The van der Waals surface area contributed by atoms with Crippen molar-refractivity contribution in [3.05, 3.63) is 69.2 Å². The molecule has 0 spiro atoms. The Balaban J connectivity index is 0.00000208. The summed E-state index contributed by atoms with van der Waals surface area (Å²) in [4.78, 5) is 14.4. The lowest BCUT2D eigenvalue weighted by Crippen LogP contribution is -2.48. The Kier molecular flexibility index (Phi) is 6.53. The van der Waals surface area contributed by atoms with Gasteiger partial charge in [-0.15, -0.1) is 12.4 Å². The molecule has 24 heavy (non-hydrogen) atoms. The zero-order valence-corrected chi connectivity index (χ0v) is 15.6. The van der Waals surface area contributed by atoms with E-state index in [-0.39, 0.29) is 24.4 Å². The highest BCUT2D eigenvalue weighted by molar-refractivity contribution is 6.42. The normalized spacial score (nSPS) is 16.0. The SMILES string of the molecule is CN(Cc1ccc(Cl)c(Cl)c1)C(=O)C1Cc2ccccc2CN1.Cl. The van der Waals surface area contributed by atoms with Crippen molar-refractivity contribution in [2.24, 2.45) is 0 Å². The maximum atomic E-state index is 12.7. The summed E-state index contributed by atoms with van der Waals surface area (Å²) in [6.07, 6.45) is 0.723. The highest BCUT2D eigenvalue weighted by Gasteiger charge is 2.26. The minimum atomic E-state index is -0.183. The molecule has 1 N–H and O–H groups in total. The van der Waals surface area contributed by atoms with E-state index in [1.807, 2.05) is 25.2 Å². The van der Waals surface area contributed by atoms with Crippen LogP contribution in [0.2, 0.25) is 10.0 Å². The number of hydrogen-bond acceptors (Lipinski definition) is 2. The van der Waals surface area contributed by atoms with Gasteiger partial charge in [-0.05, 0) is 35.2 Å². The third-order valence-corrected chi connectivity index (χ3v) is 4.90. The average molecular weight is 386 g/mol. The van der Waals surface area contributed by atoms with Crippen LogP contribution < -0.4 is 5.32 Å². The number of likely N-dealkylation sites (N-methyl/N-ethyl adjacent to an activating group) is 1. The summed E-state index contributed by atoms with van der Waals surface area (Å²) in [7, 11) is 1.81. The van der Waals surface area contributed by atoms with Crippen molar-refractivity contribution in [2.45, 2.75) is 25.6 Å². The molecule has 1 aliphatic rings. The number of benzene rings is 2. The molecule has 0 radical (unpaired) electrons. The molecule has 2 aromatic rings. The number of carbonyl (C=O) groups is 1. The molecule has 0 bridgehead atoms. The molecule has 1 unspecified atom stereocenters. The number of rotatable bonds is 3. The second-order valence-corrected chi connectivity index (χ2v) is 6.66. The summed E-state index contributed by atoms with van der Waals surface area (Å²) in [6.45, 7) is 1.24. The first-order valence-corrected chi connectivity index (χ1v) is 8.29. The number of carbonyl (C=O) groups excluding carboxylic acids is 1. The Morgan fingerprint density at radius 3 is 2.58 bits per heavy atom. The highest BCUT2D eigenvalue weighted by atomic mass is 35.5. The molecule has 1 heterocycles. The van der Waals surface area contributed by atoms with Gasteiger partial charge in [-0.3, -0.25) is 4.79 Å². The van der Waals surface area contributed by atoms with Gasteiger partial charge in [0.2, 0.25) is 5.91 Å². The number of nitrogens with one attached hydrogen (secondary N) is 1. The number of hydrogen-bond donors (Lipinski definition) is 1. The van der Waals surface area contributed by atoms with E-state index in [4.69, 9.17) is 23.2 Å². The molecule has 2 aromatic carbocycles. The fraction of sp³-hybridized carbons (Fsp3) is 0.278. The molecule has 0 saturated heterocycles. The second-order valence-electron chi connectivity index (χ2n) is 5.85. The van der Waals surface area contributed by atoms with Gasteiger partial charge in [-0.2, -0.15) is 0 Å². The number of fused-ring (bicyclic) bond motifs is 1. The molecule has 3 nitrogen and oxygen atoms in total. The molecular formula is C18H19Cl3N2O. The Labute approximate surface area is 158 Å². The van der Waals surface area contributed by atoms with E-state index in [0.717, 1.165) is 18.5 Å². The molecule has 0 aliphatic carbocycles. The molecular weight excluding hydrogens is 367 g/mol. The van der Waals surface area contributed by atoms with Crippen LogP contribution in [0.4, 0.5) is 0 Å². The van der Waals surface area contributed by atoms with Gasteiger partial charge in [0.25, 0.3) is 0 Å². The molecule has 0 saturated carbocycles. The van der Waals surface area contributed by atoms with Crippen molar-refractivity contribution in [2.75, 3.05) is 7.05 Å². The number of nitrogens with zero attached hydrogens (tertiary/aromatic N) is 1. The molecule has 128 valence electrons. The summed E-state index contributed by atoms with van der Waals surface area (Å²) in [5, 5.41) is 4.36. The standard InChI is InChI=1S/C18H18Cl2N2O.ClH/c1-22(11-12-6-7-15(19)16(20)8-12)18(23)17-9-13-4-2-3-5-14(13)10-21-17;/h2-8,17,21H,9-11H2,1H3;1H. The zero-order valence-electron chi connectivity index (χ0n) is 13.3. The maximum absolute atomic E-state index is 12.7. The van der Waals surface area contributed by atoms with Gasteiger partial charge >= 0.3 is 0 Å². The van der Waals surface area contributed by atoms with Crippen LogP contribution in [0.15, 0.2) is 42.5 Å². The van der Waals surface area contributed by atoms with Crippen LogP contribution in [-0.2, 0) is 24.3 Å². The van der Waals surface area contributed by atoms with Crippen LogP contribution in [-0.4, -0.2) is 23.9 Å². The van der Waals surface area contributed by atoms with Crippen LogP contribution in [0.25, 0.3) is 0 Å². The van der Waals surface area contributed by atoms with Gasteiger partial charge in [0.1, 0.15) is 0 Å². The van der Waals surface area contributed by atoms with Crippen LogP contribution in [0.3, 0.4) is 0 Å². The number of halogens is 3. The Morgan fingerprint density at radius 2 is 1.88 bits per heavy atom. The molecule has 1 atom stereocenters. The third-order valence-electron chi connectivity index (χ3n) is 4.16. The summed E-state index contributed by atoms with van der Waals surface area (Å²) < 4.78 is 0. The van der Waals surface area contributed by atoms with Crippen LogP contribution in [0.1, 0.15) is 16.7 Å². The van der Waals surface area contributed by atoms with E-state index in [2.05, 4.69) is 17.4 Å².